The lowest BCUT2D eigenvalue weighted by Crippen LogP contribution is -2.41. The van der Waals surface area contributed by atoms with Gasteiger partial charge in [0.1, 0.15) is 5.15 Å². The summed E-state index contributed by atoms with van der Waals surface area (Å²) in [5.74, 6) is 0.416. The molecule has 1 aliphatic rings. The van der Waals surface area contributed by atoms with Crippen molar-refractivity contribution in [3.63, 3.8) is 0 Å². The molecule has 0 saturated heterocycles. The summed E-state index contributed by atoms with van der Waals surface area (Å²) in [6.07, 6.45) is 4.21. The zero-order chi connectivity index (χ0) is 14.2. The van der Waals surface area contributed by atoms with Crippen molar-refractivity contribution in [2.75, 3.05) is 0 Å². The van der Waals surface area contributed by atoms with Crippen molar-refractivity contribution in [3.8, 4) is 0 Å². The Morgan fingerprint density at radius 2 is 1.79 bits per heavy atom. The third kappa shape index (κ3) is 2.64. The van der Waals surface area contributed by atoms with Crippen LogP contribution in [-0.2, 0) is 0 Å². The van der Waals surface area contributed by atoms with E-state index in [-0.39, 0.29) is 28.6 Å². The van der Waals surface area contributed by atoms with Crippen LogP contribution in [0.4, 0.5) is 0 Å². The summed E-state index contributed by atoms with van der Waals surface area (Å²) in [5, 5.41) is 0.231. The quantitative estimate of drug-likeness (QED) is 0.867. The molecule has 0 aromatic carbocycles. The molecule has 1 aromatic rings. The van der Waals surface area contributed by atoms with Gasteiger partial charge in [-0.25, -0.2) is 4.79 Å². The van der Waals surface area contributed by atoms with Gasteiger partial charge >= 0.3 is 5.69 Å². The first kappa shape index (κ1) is 14.4. The van der Waals surface area contributed by atoms with Gasteiger partial charge in [0.2, 0.25) is 0 Å². The topological polar surface area (TPSA) is 54.9 Å². The van der Waals surface area contributed by atoms with Crippen LogP contribution in [0.15, 0.2) is 9.59 Å². The first-order chi connectivity index (χ1) is 8.93. The van der Waals surface area contributed by atoms with E-state index in [4.69, 9.17) is 11.6 Å². The monoisotopic (exact) mass is 284 g/mol. The zero-order valence-electron chi connectivity index (χ0n) is 11.7. The molecule has 1 fully saturated rings. The summed E-state index contributed by atoms with van der Waals surface area (Å²) in [7, 11) is 0. The second kappa shape index (κ2) is 5.53. The van der Waals surface area contributed by atoms with Crippen molar-refractivity contribution >= 4 is 11.6 Å². The molecule has 2 rings (SSSR count). The van der Waals surface area contributed by atoms with E-state index in [9.17, 15) is 9.59 Å². The van der Waals surface area contributed by atoms with Crippen molar-refractivity contribution in [1.82, 2.24) is 9.55 Å². The summed E-state index contributed by atoms with van der Waals surface area (Å²) in [5.41, 5.74) is -0.00827. The molecular formula is C14H21ClN2O2. The maximum Gasteiger partial charge on any atom is 0.329 e. The van der Waals surface area contributed by atoms with Gasteiger partial charge < -0.3 is 0 Å². The summed E-state index contributed by atoms with van der Waals surface area (Å²) in [4.78, 5) is 27.2. The highest BCUT2D eigenvalue weighted by molar-refractivity contribution is 6.30. The first-order valence-corrected chi connectivity index (χ1v) is 7.35. The lowest BCUT2D eigenvalue weighted by atomic mass is 9.99. The van der Waals surface area contributed by atoms with E-state index in [0.29, 0.717) is 5.56 Å². The average Bonchev–Trinajstić information content (AvgIpc) is 2.81. The van der Waals surface area contributed by atoms with Crippen LogP contribution < -0.4 is 11.2 Å². The van der Waals surface area contributed by atoms with Gasteiger partial charge in [-0.05, 0) is 31.6 Å². The van der Waals surface area contributed by atoms with E-state index < -0.39 is 5.69 Å². The smallest absolute Gasteiger partial charge is 0.297 e. The Labute approximate surface area is 117 Å². The van der Waals surface area contributed by atoms with Crippen LogP contribution >= 0.6 is 11.6 Å². The van der Waals surface area contributed by atoms with Gasteiger partial charge in [0.15, 0.2) is 0 Å². The Hall–Kier alpha value is -1.03. The molecule has 0 amide bonds. The number of aromatic amines is 1. The normalized spacial score (nSPS) is 18.2. The molecule has 4 nitrogen and oxygen atoms in total. The van der Waals surface area contributed by atoms with E-state index in [2.05, 4.69) is 4.98 Å². The molecule has 0 aliphatic heterocycles. The molecule has 1 atom stereocenters. The van der Waals surface area contributed by atoms with E-state index in [1.807, 2.05) is 20.8 Å². The highest BCUT2D eigenvalue weighted by Crippen LogP contribution is 2.34. The van der Waals surface area contributed by atoms with Crippen LogP contribution in [0.2, 0.25) is 5.15 Å². The molecule has 19 heavy (non-hydrogen) atoms. The average molecular weight is 285 g/mol. The maximum absolute atomic E-state index is 12.6. The Kier molecular flexibility index (Phi) is 4.19. The second-order valence-corrected chi connectivity index (χ2v) is 6.18. The third-order valence-electron chi connectivity index (χ3n) is 4.26. The molecular weight excluding hydrogens is 264 g/mol. The highest BCUT2D eigenvalue weighted by atomic mass is 35.5. The molecule has 0 spiro atoms. The van der Waals surface area contributed by atoms with Crippen molar-refractivity contribution in [1.29, 1.82) is 0 Å². The fourth-order valence-electron chi connectivity index (χ4n) is 2.77. The number of rotatable bonds is 3. The number of hydrogen-bond donors (Lipinski definition) is 1. The van der Waals surface area contributed by atoms with Crippen LogP contribution in [0.1, 0.15) is 64.0 Å². The molecule has 5 heteroatoms. The fraction of sp³-hybridized carbons (Fsp3) is 0.714. The molecule has 1 aromatic heterocycles. The third-order valence-corrected chi connectivity index (χ3v) is 4.55. The number of H-pyrrole nitrogens is 1. The van der Waals surface area contributed by atoms with Gasteiger partial charge in [0.05, 0.1) is 5.56 Å². The fourth-order valence-corrected chi connectivity index (χ4v) is 3.09. The van der Waals surface area contributed by atoms with Crippen molar-refractivity contribution in [2.45, 2.75) is 58.4 Å². The standard InChI is InChI=1S/C14H21ClN2O2/c1-8(2)9(3)17-13(18)11(10-6-4-5-7-10)12(15)16-14(17)19/h8-10H,4-7H2,1-3H3,(H,16,19). The molecule has 106 valence electrons. The van der Waals surface area contributed by atoms with E-state index in [0.717, 1.165) is 25.7 Å². The number of hydrogen-bond acceptors (Lipinski definition) is 2. The molecule has 0 radical (unpaired) electrons. The zero-order valence-corrected chi connectivity index (χ0v) is 12.5. The molecule has 1 aliphatic carbocycles. The highest BCUT2D eigenvalue weighted by Gasteiger charge is 2.26. The summed E-state index contributed by atoms with van der Waals surface area (Å²) in [6, 6.07) is -0.131. The Bertz CT molecular complexity index is 568. The number of aromatic nitrogens is 2. The lowest BCUT2D eigenvalue weighted by Gasteiger charge is -2.20. The van der Waals surface area contributed by atoms with Crippen molar-refractivity contribution < 1.29 is 0 Å². The minimum Gasteiger partial charge on any atom is -0.297 e. The van der Waals surface area contributed by atoms with Crippen molar-refractivity contribution in [3.05, 3.63) is 31.6 Å². The van der Waals surface area contributed by atoms with Gasteiger partial charge in [-0.2, -0.15) is 0 Å². The van der Waals surface area contributed by atoms with Crippen molar-refractivity contribution in [2.24, 2.45) is 5.92 Å². The number of halogens is 1. The van der Waals surface area contributed by atoms with Crippen LogP contribution in [0.3, 0.4) is 0 Å². The Morgan fingerprint density at radius 3 is 2.32 bits per heavy atom. The van der Waals surface area contributed by atoms with E-state index in [1.165, 1.54) is 4.57 Å². The van der Waals surface area contributed by atoms with Crippen LogP contribution in [0.25, 0.3) is 0 Å². The van der Waals surface area contributed by atoms with E-state index >= 15 is 0 Å². The minimum atomic E-state index is -0.405. The predicted octanol–water partition coefficient (Wildman–Crippen LogP) is 3.06. The molecule has 1 N–H and O–H groups in total. The van der Waals surface area contributed by atoms with Gasteiger partial charge in [-0.1, -0.05) is 38.3 Å². The Balaban J connectivity index is 2.59. The molecule has 1 saturated carbocycles. The predicted molar refractivity (Wildman–Crippen MR) is 77.1 cm³/mol. The Morgan fingerprint density at radius 1 is 1.21 bits per heavy atom. The molecule has 1 heterocycles. The van der Waals surface area contributed by atoms with Crippen LogP contribution in [-0.4, -0.2) is 9.55 Å². The summed E-state index contributed by atoms with van der Waals surface area (Å²) in [6.45, 7) is 5.90. The molecule has 1 unspecified atom stereocenters. The minimum absolute atomic E-state index is 0.131. The van der Waals surface area contributed by atoms with E-state index in [1.54, 1.807) is 0 Å². The van der Waals surface area contributed by atoms with Gasteiger partial charge in [0, 0.05) is 6.04 Å². The number of nitrogens with one attached hydrogen (secondary N) is 1. The maximum atomic E-state index is 12.6. The largest absolute Gasteiger partial charge is 0.329 e. The summed E-state index contributed by atoms with van der Waals surface area (Å²) < 4.78 is 1.32. The number of nitrogens with zero attached hydrogens (tertiary/aromatic N) is 1. The second-order valence-electron chi connectivity index (χ2n) is 5.80. The van der Waals surface area contributed by atoms with Gasteiger partial charge in [-0.3, -0.25) is 14.3 Å². The van der Waals surface area contributed by atoms with Gasteiger partial charge in [-0.15, -0.1) is 0 Å². The van der Waals surface area contributed by atoms with Gasteiger partial charge in [0.25, 0.3) is 5.56 Å². The lowest BCUT2D eigenvalue weighted by molar-refractivity contribution is 0.380. The summed E-state index contributed by atoms with van der Waals surface area (Å²) >= 11 is 6.10. The molecule has 0 bridgehead atoms. The van der Waals surface area contributed by atoms with Crippen LogP contribution in [0, 0.1) is 5.92 Å². The SMILES string of the molecule is CC(C)C(C)n1c(=O)[nH]c(Cl)c(C2CCCC2)c1=O. The first-order valence-electron chi connectivity index (χ1n) is 6.97. The van der Waals surface area contributed by atoms with Crippen LogP contribution in [0.5, 0.6) is 0 Å².